The highest BCUT2D eigenvalue weighted by molar-refractivity contribution is 5.96. The van der Waals surface area contributed by atoms with Crippen molar-refractivity contribution in [1.29, 1.82) is 0 Å². The number of Topliss-reactive ketones (excluding diaryl/α,β-unsaturated/α-hetero) is 2. The predicted octanol–water partition coefficient (Wildman–Crippen LogP) is 2.80. The van der Waals surface area contributed by atoms with Gasteiger partial charge in [-0.15, -0.1) is 0 Å². The Hall–Kier alpha value is -5.08. The molecule has 21 heteroatoms. The summed E-state index contributed by atoms with van der Waals surface area (Å²) in [6, 6.07) is 5.78. The van der Waals surface area contributed by atoms with E-state index in [1.54, 1.807) is 124 Å². The highest BCUT2D eigenvalue weighted by Crippen LogP contribution is 2.38. The maximum Gasteiger partial charge on any atom is 0.308 e. The first-order chi connectivity index (χ1) is 38.9. The lowest BCUT2D eigenvalue weighted by Crippen LogP contribution is -2.62. The van der Waals surface area contributed by atoms with E-state index in [2.05, 4.69) is 10.6 Å². The molecule has 0 spiro atoms. The van der Waals surface area contributed by atoms with Gasteiger partial charge < -0.3 is 86.4 Å². The van der Waals surface area contributed by atoms with Crippen molar-refractivity contribution in [2.75, 3.05) is 18.9 Å². The van der Waals surface area contributed by atoms with E-state index < -0.39 is 160 Å². The largest absolute Gasteiger partial charge is 0.461 e. The van der Waals surface area contributed by atoms with Gasteiger partial charge >= 0.3 is 5.97 Å². The minimum Gasteiger partial charge on any atom is -0.461 e. The number of carbonyl (C=O) groups is 4. The molecule has 1 amide bonds. The number of hydrogen-bond donors (Lipinski definition) is 13. The minimum atomic E-state index is -2.26. The number of aliphatic hydroxyl groups excluding tert-OH is 9. The van der Waals surface area contributed by atoms with Crippen LogP contribution < -0.4 is 16.4 Å². The maximum absolute atomic E-state index is 13.5. The number of fused-ring (bicyclic) bond motifs is 2. The van der Waals surface area contributed by atoms with E-state index in [0.29, 0.717) is 12.0 Å². The Morgan fingerprint density at radius 1 is 0.732 bits per heavy atom. The molecular formula is C61H91N3O18. The third-order valence-corrected chi connectivity index (χ3v) is 14.7. The normalized spacial score (nSPS) is 37.4. The summed E-state index contributed by atoms with van der Waals surface area (Å²) in [6.45, 7) is 7.15. The number of anilines is 1. The topological polar surface area (TPSA) is 358 Å². The van der Waals surface area contributed by atoms with Crippen LogP contribution >= 0.6 is 0 Å². The second-order valence-corrected chi connectivity index (χ2v) is 22.0. The van der Waals surface area contributed by atoms with Crippen LogP contribution in [0.15, 0.2) is 109 Å². The van der Waals surface area contributed by atoms with E-state index in [4.69, 9.17) is 24.7 Å². The van der Waals surface area contributed by atoms with Gasteiger partial charge in [-0.05, 0) is 76.1 Å². The first-order valence-corrected chi connectivity index (χ1v) is 28.5. The zero-order valence-electron chi connectivity index (χ0n) is 47.8. The Bertz CT molecular complexity index is 2340. The number of nitrogens with two attached hydrogens (primary N) is 1. The number of amides is 1. The fraction of sp³-hybridized carbons (Fsp3) is 0.607. The van der Waals surface area contributed by atoms with Gasteiger partial charge in [-0.3, -0.25) is 19.2 Å². The molecule has 19 atom stereocenters. The fourth-order valence-corrected chi connectivity index (χ4v) is 10.4. The molecule has 2 fully saturated rings. The molecule has 3 heterocycles. The average molecular weight is 1150 g/mol. The van der Waals surface area contributed by atoms with Gasteiger partial charge in [0.2, 0.25) is 5.91 Å². The van der Waals surface area contributed by atoms with Crippen molar-refractivity contribution in [2.45, 2.75) is 202 Å². The highest BCUT2D eigenvalue weighted by atomic mass is 16.7. The summed E-state index contributed by atoms with van der Waals surface area (Å²) in [5, 5.41) is 116. The zero-order valence-corrected chi connectivity index (χ0v) is 47.8. The number of ether oxygens (including phenoxy) is 4. The summed E-state index contributed by atoms with van der Waals surface area (Å²) in [5.41, 5.74) is 7.41. The van der Waals surface area contributed by atoms with Crippen LogP contribution in [0, 0.1) is 17.8 Å². The minimum absolute atomic E-state index is 0.101. The first-order valence-electron chi connectivity index (χ1n) is 28.5. The number of aliphatic hydroxyl groups is 10. The second-order valence-electron chi connectivity index (χ2n) is 22.0. The van der Waals surface area contributed by atoms with Crippen molar-refractivity contribution in [3.63, 3.8) is 0 Å². The van der Waals surface area contributed by atoms with Crippen LogP contribution in [-0.4, -0.2) is 186 Å². The van der Waals surface area contributed by atoms with Gasteiger partial charge in [0.15, 0.2) is 17.9 Å². The lowest BCUT2D eigenvalue weighted by atomic mass is 9.82. The summed E-state index contributed by atoms with van der Waals surface area (Å²) in [5.74, 6) is -6.41. The molecule has 14 unspecified atom stereocenters. The summed E-state index contributed by atoms with van der Waals surface area (Å²) in [6.07, 6.45) is 3.46. The maximum atomic E-state index is 13.5. The van der Waals surface area contributed by atoms with E-state index in [1.165, 1.54) is 0 Å². The van der Waals surface area contributed by atoms with Crippen LogP contribution in [0.1, 0.15) is 115 Å². The molecular weight excluding hydrogens is 1060 g/mol. The van der Waals surface area contributed by atoms with Crippen LogP contribution in [0.5, 0.6) is 0 Å². The third-order valence-electron chi connectivity index (χ3n) is 14.7. The van der Waals surface area contributed by atoms with Crippen molar-refractivity contribution in [2.24, 2.45) is 23.5 Å². The SMILES string of the molecule is CCNC(=O)C1C(O)CC2(O)CC(O)CC(O)CC(O)CC(O)CC(=O)CC(O)CC(=O)OC(C(C)CCC(O)CC(=O)c3ccc(NC)cc3)C(C)/C=C/C=C/C=C\C=C/C=C/C=C/C=C/C(O[C@@H]3O[C@H](C)[C@@H](O)[C@H](N)[C@@H]3O)CC1O2. The Kier molecular flexibility index (Phi) is 29.9. The molecule has 458 valence electrons. The highest BCUT2D eigenvalue weighted by Gasteiger charge is 2.51. The number of nitrogens with one attached hydrogen (secondary N) is 2. The smallest absolute Gasteiger partial charge is 0.308 e. The van der Waals surface area contributed by atoms with Crippen molar-refractivity contribution in [3.8, 4) is 0 Å². The van der Waals surface area contributed by atoms with Crippen molar-refractivity contribution in [1.82, 2.24) is 5.32 Å². The number of benzene rings is 1. The predicted molar refractivity (Wildman–Crippen MR) is 306 cm³/mol. The third kappa shape index (κ3) is 23.9. The Morgan fingerprint density at radius 3 is 1.89 bits per heavy atom. The Balaban J connectivity index is 1.56. The number of ketones is 2. The van der Waals surface area contributed by atoms with Crippen LogP contribution in [0.4, 0.5) is 5.69 Å². The number of rotatable bonds is 12. The molecule has 21 nitrogen and oxygen atoms in total. The number of carbonyl (C=O) groups excluding carboxylic acids is 4. The number of allylic oxidation sites excluding steroid dienone is 12. The van der Waals surface area contributed by atoms with Crippen molar-refractivity contribution < 1.29 is 89.2 Å². The summed E-state index contributed by atoms with van der Waals surface area (Å²) in [4.78, 5) is 52.7. The number of hydrogen-bond acceptors (Lipinski definition) is 20. The molecule has 1 aromatic rings. The van der Waals surface area contributed by atoms with E-state index in [1.807, 2.05) is 19.9 Å². The van der Waals surface area contributed by atoms with Gasteiger partial charge in [0.1, 0.15) is 18.0 Å². The quantitative estimate of drug-likeness (QED) is 0.106. The van der Waals surface area contributed by atoms with E-state index in [0.717, 1.165) is 5.69 Å². The number of esters is 1. The van der Waals surface area contributed by atoms with Gasteiger partial charge in [0.05, 0.1) is 85.5 Å². The molecule has 0 radical (unpaired) electrons. The Labute approximate surface area is 481 Å². The molecule has 0 aliphatic carbocycles. The zero-order chi connectivity index (χ0) is 60.5. The van der Waals surface area contributed by atoms with Crippen molar-refractivity contribution >= 4 is 29.1 Å². The lowest BCUT2D eigenvalue weighted by molar-refractivity contribution is -0.307. The molecule has 2 bridgehead atoms. The Morgan fingerprint density at radius 2 is 1.29 bits per heavy atom. The summed E-state index contributed by atoms with van der Waals surface area (Å²) < 4.78 is 24.1. The molecule has 4 rings (SSSR count). The molecule has 1 aromatic carbocycles. The first kappa shape index (κ1) is 69.4. The fourth-order valence-electron chi connectivity index (χ4n) is 10.4. The lowest BCUT2D eigenvalue weighted by Gasteiger charge is -2.46. The molecule has 3 aliphatic rings. The summed E-state index contributed by atoms with van der Waals surface area (Å²) in [7, 11) is 1.77. The van der Waals surface area contributed by atoms with E-state index in [-0.39, 0.29) is 56.3 Å². The van der Waals surface area contributed by atoms with Gasteiger partial charge in [0, 0.05) is 69.3 Å². The van der Waals surface area contributed by atoms with Crippen LogP contribution in [-0.2, 0) is 33.3 Å². The standard InChI is InChI=1S/C61H91N3O18/c1-6-64-59(77)54-51(73)36-61(78)35-48(71)31-46(69)29-44(67)27-43(66)28-45(68)30-47(70)33-53(74)81-58(38(3)21-26-42(65)32-50(72)40-22-24-41(63-5)25-23-40)37(2)19-17-15-13-11-9-7-8-10-12-14-16-18-20-49(34-52(54)82-61)80-60-57(76)55(62)56(75)39(4)79-60/h7-20,22-25,37-39,42-44,46-49,51-52,54-58,60,63,65-67,69-71,73,75-76,78H,6,21,26-36,62H2,1-5H3,(H,64,77)/b8-7-,11-9-,12-10+,15-13+,16-14+,19-17+,20-18+/t37?,38?,39-,42?,43?,44?,46?,47?,48?,49?,51?,52?,54?,55+,56-,57+,58?,60+,61?/m1/s1. The molecule has 3 aliphatic heterocycles. The molecule has 2 saturated heterocycles. The average Bonchev–Trinajstić information content (AvgIpc) is 3.47. The van der Waals surface area contributed by atoms with Gasteiger partial charge in [-0.2, -0.15) is 0 Å². The van der Waals surface area contributed by atoms with Gasteiger partial charge in [-0.25, -0.2) is 0 Å². The van der Waals surface area contributed by atoms with E-state index in [9.17, 15) is 70.2 Å². The van der Waals surface area contributed by atoms with Crippen molar-refractivity contribution in [3.05, 3.63) is 115 Å². The van der Waals surface area contributed by atoms with E-state index >= 15 is 0 Å². The van der Waals surface area contributed by atoms with Gasteiger partial charge in [-0.1, -0.05) is 98.9 Å². The molecule has 14 N–H and O–H groups in total. The molecule has 82 heavy (non-hydrogen) atoms. The van der Waals surface area contributed by atoms with Crippen LogP contribution in [0.2, 0.25) is 0 Å². The van der Waals surface area contributed by atoms with Gasteiger partial charge in [0.25, 0.3) is 0 Å². The van der Waals surface area contributed by atoms with Crippen LogP contribution in [0.3, 0.4) is 0 Å². The molecule has 0 saturated carbocycles. The monoisotopic (exact) mass is 1150 g/mol. The van der Waals surface area contributed by atoms with Crippen LogP contribution in [0.25, 0.3) is 0 Å². The summed E-state index contributed by atoms with van der Waals surface area (Å²) >= 11 is 0. The second kappa shape index (κ2) is 35.3. The number of cyclic esters (lactones) is 1. The molecule has 0 aromatic heterocycles.